The van der Waals surface area contributed by atoms with Crippen molar-refractivity contribution in [3.05, 3.63) is 24.2 Å². The molecule has 0 bridgehead atoms. The zero-order valence-corrected chi connectivity index (χ0v) is 14.6. The molecule has 1 atom stereocenters. The second-order valence-electron chi connectivity index (χ2n) is 7.52. The zero-order chi connectivity index (χ0) is 17.3. The monoisotopic (exact) mass is 346 g/mol. The maximum Gasteiger partial charge on any atom is 0.257 e. The summed E-state index contributed by atoms with van der Waals surface area (Å²) < 4.78 is 10.7. The van der Waals surface area contributed by atoms with Crippen molar-refractivity contribution < 1.29 is 18.7 Å². The molecule has 0 aliphatic carbocycles. The van der Waals surface area contributed by atoms with Crippen molar-refractivity contribution in [1.29, 1.82) is 0 Å². The second-order valence-corrected chi connectivity index (χ2v) is 7.52. The first-order valence-electron chi connectivity index (χ1n) is 9.41. The molecule has 3 aliphatic heterocycles. The average Bonchev–Trinajstić information content (AvgIpc) is 3.34. The van der Waals surface area contributed by atoms with Gasteiger partial charge < -0.3 is 19.0 Å². The van der Waals surface area contributed by atoms with Crippen molar-refractivity contribution in [1.82, 2.24) is 9.80 Å². The van der Waals surface area contributed by atoms with Crippen molar-refractivity contribution in [2.45, 2.75) is 44.6 Å². The molecule has 1 aromatic rings. The van der Waals surface area contributed by atoms with Crippen LogP contribution in [0.5, 0.6) is 0 Å². The van der Waals surface area contributed by atoms with E-state index >= 15 is 0 Å². The van der Waals surface area contributed by atoms with E-state index in [1.54, 1.807) is 6.07 Å². The number of hydrogen-bond donors (Lipinski definition) is 0. The van der Waals surface area contributed by atoms with Gasteiger partial charge in [-0.25, -0.2) is 0 Å². The Morgan fingerprint density at radius 1 is 1.04 bits per heavy atom. The fourth-order valence-corrected chi connectivity index (χ4v) is 4.78. The van der Waals surface area contributed by atoms with Gasteiger partial charge >= 0.3 is 0 Å². The molecule has 6 nitrogen and oxygen atoms in total. The third-order valence-corrected chi connectivity index (χ3v) is 6.13. The average molecular weight is 346 g/mol. The van der Waals surface area contributed by atoms with Crippen LogP contribution in [0, 0.1) is 5.41 Å². The molecule has 6 heteroatoms. The van der Waals surface area contributed by atoms with Crippen LogP contribution in [0.2, 0.25) is 0 Å². The van der Waals surface area contributed by atoms with Gasteiger partial charge in [-0.3, -0.25) is 9.59 Å². The van der Waals surface area contributed by atoms with Crippen molar-refractivity contribution in [3.8, 4) is 0 Å². The zero-order valence-electron chi connectivity index (χ0n) is 14.6. The lowest BCUT2D eigenvalue weighted by Crippen LogP contribution is -2.62. The molecule has 1 spiro atoms. The Morgan fingerprint density at radius 2 is 1.80 bits per heavy atom. The van der Waals surface area contributed by atoms with Gasteiger partial charge in [-0.2, -0.15) is 0 Å². The molecule has 0 aromatic carbocycles. The highest BCUT2D eigenvalue weighted by Crippen LogP contribution is 2.45. The number of hydrogen-bond acceptors (Lipinski definition) is 4. The molecule has 4 rings (SSSR count). The molecule has 2 amide bonds. The summed E-state index contributed by atoms with van der Waals surface area (Å²) in [7, 11) is 0. The summed E-state index contributed by atoms with van der Waals surface area (Å²) in [6, 6.07) is 1.32. The summed E-state index contributed by atoms with van der Waals surface area (Å²) in [5.74, 6) is 0.0489. The number of amides is 2. The molecule has 3 saturated heterocycles. The minimum absolute atomic E-state index is 0.0862. The lowest BCUT2D eigenvalue weighted by atomic mass is 9.67. The Hall–Kier alpha value is -1.82. The van der Waals surface area contributed by atoms with Crippen LogP contribution in [-0.4, -0.2) is 60.5 Å². The summed E-state index contributed by atoms with van der Waals surface area (Å²) >= 11 is 0. The number of carbonyl (C=O) groups excluding carboxylic acids is 2. The van der Waals surface area contributed by atoms with Crippen molar-refractivity contribution in [2.75, 3.05) is 32.8 Å². The van der Waals surface area contributed by atoms with Gasteiger partial charge in [0, 0.05) is 38.3 Å². The van der Waals surface area contributed by atoms with Crippen molar-refractivity contribution in [3.63, 3.8) is 0 Å². The molecule has 0 saturated carbocycles. The maximum atomic E-state index is 13.4. The van der Waals surface area contributed by atoms with E-state index in [2.05, 4.69) is 0 Å². The number of ether oxygens (including phenoxy) is 1. The second kappa shape index (κ2) is 6.83. The summed E-state index contributed by atoms with van der Waals surface area (Å²) in [6.07, 6.45) is 8.75. The van der Waals surface area contributed by atoms with Gasteiger partial charge in [0.25, 0.3) is 5.91 Å². The van der Waals surface area contributed by atoms with Crippen molar-refractivity contribution in [2.24, 2.45) is 5.41 Å². The maximum absolute atomic E-state index is 13.4. The summed E-state index contributed by atoms with van der Waals surface area (Å²) in [5.41, 5.74) is 0.388. The molecule has 1 unspecified atom stereocenters. The molecule has 3 aliphatic rings. The predicted molar refractivity (Wildman–Crippen MR) is 91.1 cm³/mol. The van der Waals surface area contributed by atoms with Gasteiger partial charge in [-0.05, 0) is 44.6 Å². The van der Waals surface area contributed by atoms with Crippen LogP contribution in [0.1, 0.15) is 48.9 Å². The van der Waals surface area contributed by atoms with E-state index in [9.17, 15) is 9.59 Å². The van der Waals surface area contributed by atoms with Crippen LogP contribution >= 0.6 is 0 Å². The number of furan rings is 1. The van der Waals surface area contributed by atoms with Gasteiger partial charge in [0.05, 0.1) is 11.8 Å². The Labute approximate surface area is 148 Å². The minimum atomic E-state index is -0.370. The highest BCUT2D eigenvalue weighted by Gasteiger charge is 2.52. The van der Waals surface area contributed by atoms with Crippen LogP contribution in [0.3, 0.4) is 0 Å². The van der Waals surface area contributed by atoms with Gasteiger partial charge in [0.2, 0.25) is 5.91 Å². The third-order valence-electron chi connectivity index (χ3n) is 6.13. The van der Waals surface area contributed by atoms with E-state index < -0.39 is 0 Å². The topological polar surface area (TPSA) is 63.0 Å². The Kier molecular flexibility index (Phi) is 4.54. The van der Waals surface area contributed by atoms with Crippen LogP contribution < -0.4 is 0 Å². The van der Waals surface area contributed by atoms with Crippen LogP contribution in [0.15, 0.2) is 23.0 Å². The smallest absolute Gasteiger partial charge is 0.257 e. The highest BCUT2D eigenvalue weighted by atomic mass is 16.5. The van der Waals surface area contributed by atoms with E-state index in [4.69, 9.17) is 9.15 Å². The minimum Gasteiger partial charge on any atom is -0.472 e. The molecule has 25 heavy (non-hydrogen) atoms. The molecule has 0 N–H and O–H groups in total. The van der Waals surface area contributed by atoms with E-state index in [0.29, 0.717) is 25.3 Å². The number of nitrogens with zero attached hydrogens (tertiary/aromatic N) is 2. The van der Waals surface area contributed by atoms with E-state index in [1.807, 2.05) is 9.80 Å². The molecule has 136 valence electrons. The molecule has 0 radical (unpaired) electrons. The Morgan fingerprint density at radius 3 is 2.48 bits per heavy atom. The first kappa shape index (κ1) is 16.6. The molecule has 3 fully saturated rings. The summed E-state index contributed by atoms with van der Waals surface area (Å²) in [6.45, 7) is 3.62. The van der Waals surface area contributed by atoms with E-state index in [0.717, 1.165) is 51.6 Å². The highest BCUT2D eigenvalue weighted by molar-refractivity contribution is 5.97. The SMILES string of the molecule is O=C(C1N(C(=O)c2ccoc2)CCCC12CCOCC2)N1CCCC1. The lowest BCUT2D eigenvalue weighted by molar-refractivity contribution is -0.147. The largest absolute Gasteiger partial charge is 0.472 e. The molecule has 1 aromatic heterocycles. The molecular weight excluding hydrogens is 320 g/mol. The van der Waals surface area contributed by atoms with Crippen LogP contribution in [0.25, 0.3) is 0 Å². The summed E-state index contributed by atoms with van der Waals surface area (Å²) in [4.78, 5) is 30.3. The fraction of sp³-hybridized carbons (Fsp3) is 0.684. The number of piperidine rings is 1. The van der Waals surface area contributed by atoms with Gasteiger partial charge in [0.15, 0.2) is 0 Å². The third kappa shape index (κ3) is 2.97. The quantitative estimate of drug-likeness (QED) is 0.824. The number of likely N-dealkylation sites (tertiary alicyclic amines) is 2. The predicted octanol–water partition coefficient (Wildman–Crippen LogP) is 2.30. The lowest BCUT2D eigenvalue weighted by Gasteiger charge is -2.51. The van der Waals surface area contributed by atoms with Gasteiger partial charge in [0.1, 0.15) is 12.3 Å². The van der Waals surface area contributed by atoms with E-state index in [-0.39, 0.29) is 23.3 Å². The first-order chi connectivity index (χ1) is 12.2. The number of rotatable bonds is 2. The molecule has 4 heterocycles. The van der Waals surface area contributed by atoms with Crippen LogP contribution in [0.4, 0.5) is 0 Å². The standard InChI is InChI=1S/C19H26N2O4/c22-17(15-4-11-25-14-15)21-10-3-5-19(6-12-24-13-7-19)16(21)18(23)20-8-1-2-9-20/h4,11,14,16H,1-3,5-10,12-13H2. The Balaban J connectivity index is 1.68. The van der Waals surface area contributed by atoms with Crippen LogP contribution in [-0.2, 0) is 9.53 Å². The summed E-state index contributed by atoms with van der Waals surface area (Å²) in [5, 5.41) is 0. The van der Waals surface area contributed by atoms with Gasteiger partial charge in [-0.15, -0.1) is 0 Å². The first-order valence-corrected chi connectivity index (χ1v) is 9.41. The Bertz CT molecular complexity index is 610. The fourth-order valence-electron chi connectivity index (χ4n) is 4.78. The molecular formula is C19H26N2O4. The normalized spacial score (nSPS) is 26.2. The van der Waals surface area contributed by atoms with E-state index in [1.165, 1.54) is 12.5 Å². The van der Waals surface area contributed by atoms with Gasteiger partial charge in [-0.1, -0.05) is 0 Å². The number of carbonyl (C=O) groups is 2. The van der Waals surface area contributed by atoms with Crippen molar-refractivity contribution >= 4 is 11.8 Å².